The van der Waals surface area contributed by atoms with Crippen LogP contribution in [0.2, 0.25) is 0 Å². The summed E-state index contributed by atoms with van der Waals surface area (Å²) in [5.74, 6) is 1.96. The Kier molecular flexibility index (Phi) is 5.17. The first-order valence-corrected chi connectivity index (χ1v) is 6.35. The average Bonchev–Trinajstić information content (AvgIpc) is 2.21. The van der Waals surface area contributed by atoms with Crippen LogP contribution in [0.1, 0.15) is 44.2 Å². The fourth-order valence-electron chi connectivity index (χ4n) is 1.83. The van der Waals surface area contributed by atoms with Crippen molar-refractivity contribution in [1.82, 2.24) is 0 Å². The minimum atomic E-state index is 0.514. The quantitative estimate of drug-likeness (QED) is 0.641. The number of halogens is 1. The van der Waals surface area contributed by atoms with Crippen molar-refractivity contribution in [2.45, 2.75) is 39.5 Å². The molecule has 0 nitrogen and oxygen atoms in total. The smallest absolute Gasteiger partial charge is 0.0292 e. The summed E-state index contributed by atoms with van der Waals surface area (Å²) in [6.07, 6.45) is 2.28. The molecule has 1 unspecified atom stereocenters. The van der Waals surface area contributed by atoms with Crippen LogP contribution in [0.3, 0.4) is 0 Å². The maximum atomic E-state index is 5.93. The zero-order valence-electron chi connectivity index (χ0n) is 9.96. The summed E-state index contributed by atoms with van der Waals surface area (Å²) in [5, 5.41) is 0. The SMILES string of the molecule is CCC(CCl)c1ccc(CC(C)C)cc1. The molecule has 1 atom stereocenters. The van der Waals surface area contributed by atoms with Gasteiger partial charge < -0.3 is 0 Å². The highest BCUT2D eigenvalue weighted by molar-refractivity contribution is 6.18. The second-order valence-electron chi connectivity index (χ2n) is 4.60. The largest absolute Gasteiger partial charge is 0.126 e. The third-order valence-electron chi connectivity index (χ3n) is 2.77. The molecular formula is C14H21Cl. The number of alkyl halides is 1. The molecule has 0 bridgehead atoms. The predicted molar refractivity (Wildman–Crippen MR) is 68.7 cm³/mol. The molecule has 1 aromatic carbocycles. The Morgan fingerprint density at radius 3 is 2.13 bits per heavy atom. The molecule has 84 valence electrons. The second-order valence-corrected chi connectivity index (χ2v) is 4.91. The van der Waals surface area contributed by atoms with E-state index in [0.29, 0.717) is 5.92 Å². The summed E-state index contributed by atoms with van der Waals surface area (Å²) in [6.45, 7) is 6.69. The van der Waals surface area contributed by atoms with E-state index in [0.717, 1.165) is 24.6 Å². The molecule has 0 aromatic heterocycles. The maximum absolute atomic E-state index is 5.93. The molecule has 0 aliphatic rings. The van der Waals surface area contributed by atoms with Crippen LogP contribution in [-0.2, 0) is 6.42 Å². The van der Waals surface area contributed by atoms with Crippen LogP contribution in [0, 0.1) is 5.92 Å². The van der Waals surface area contributed by atoms with Gasteiger partial charge in [-0.1, -0.05) is 45.0 Å². The van der Waals surface area contributed by atoms with Gasteiger partial charge in [-0.25, -0.2) is 0 Å². The zero-order valence-corrected chi connectivity index (χ0v) is 10.7. The van der Waals surface area contributed by atoms with Crippen LogP contribution in [0.25, 0.3) is 0 Å². The van der Waals surface area contributed by atoms with E-state index in [4.69, 9.17) is 11.6 Å². The Balaban J connectivity index is 2.71. The van der Waals surface area contributed by atoms with E-state index >= 15 is 0 Å². The van der Waals surface area contributed by atoms with Crippen LogP contribution in [0.5, 0.6) is 0 Å². The standard InChI is InChI=1S/C14H21Cl/c1-4-13(10-15)14-7-5-12(6-8-14)9-11(2)3/h5-8,11,13H,4,9-10H2,1-3H3. The van der Waals surface area contributed by atoms with Gasteiger partial charge in [0.25, 0.3) is 0 Å². The lowest BCUT2D eigenvalue weighted by atomic mass is 9.95. The van der Waals surface area contributed by atoms with Crippen molar-refractivity contribution < 1.29 is 0 Å². The molecule has 0 saturated heterocycles. The van der Waals surface area contributed by atoms with Gasteiger partial charge >= 0.3 is 0 Å². The monoisotopic (exact) mass is 224 g/mol. The van der Waals surface area contributed by atoms with Gasteiger partial charge in [0.1, 0.15) is 0 Å². The molecule has 1 aromatic rings. The van der Waals surface area contributed by atoms with E-state index in [1.807, 2.05) is 0 Å². The minimum absolute atomic E-state index is 0.514. The molecular weight excluding hydrogens is 204 g/mol. The van der Waals surface area contributed by atoms with Crippen molar-refractivity contribution in [2.75, 3.05) is 5.88 Å². The fourth-order valence-corrected chi connectivity index (χ4v) is 2.23. The van der Waals surface area contributed by atoms with Crippen molar-refractivity contribution >= 4 is 11.6 Å². The Morgan fingerprint density at radius 2 is 1.73 bits per heavy atom. The Bertz CT molecular complexity index is 270. The number of benzene rings is 1. The molecule has 0 saturated carbocycles. The normalized spacial score (nSPS) is 13.1. The predicted octanol–water partition coefficient (Wildman–Crippen LogP) is 4.62. The van der Waals surface area contributed by atoms with Gasteiger partial charge in [-0.05, 0) is 35.8 Å². The molecule has 0 amide bonds. The van der Waals surface area contributed by atoms with Crippen molar-refractivity contribution in [3.63, 3.8) is 0 Å². The van der Waals surface area contributed by atoms with Gasteiger partial charge in [0.2, 0.25) is 0 Å². The molecule has 15 heavy (non-hydrogen) atoms. The van der Waals surface area contributed by atoms with Crippen LogP contribution in [-0.4, -0.2) is 5.88 Å². The summed E-state index contributed by atoms with van der Waals surface area (Å²) in [4.78, 5) is 0. The summed E-state index contributed by atoms with van der Waals surface area (Å²) in [6, 6.07) is 8.94. The number of rotatable bonds is 5. The molecule has 0 radical (unpaired) electrons. The van der Waals surface area contributed by atoms with E-state index in [2.05, 4.69) is 45.0 Å². The van der Waals surface area contributed by atoms with Crippen LogP contribution < -0.4 is 0 Å². The summed E-state index contributed by atoms with van der Waals surface area (Å²) in [5.41, 5.74) is 2.80. The lowest BCUT2D eigenvalue weighted by Gasteiger charge is -2.12. The van der Waals surface area contributed by atoms with Crippen LogP contribution >= 0.6 is 11.6 Å². The van der Waals surface area contributed by atoms with Crippen molar-refractivity contribution in [2.24, 2.45) is 5.92 Å². The first kappa shape index (κ1) is 12.6. The molecule has 0 aliphatic heterocycles. The molecule has 1 rings (SSSR count). The first-order valence-electron chi connectivity index (χ1n) is 5.82. The lowest BCUT2D eigenvalue weighted by molar-refractivity contribution is 0.646. The van der Waals surface area contributed by atoms with Gasteiger partial charge in [0.15, 0.2) is 0 Å². The van der Waals surface area contributed by atoms with Gasteiger partial charge in [-0.3, -0.25) is 0 Å². The second kappa shape index (κ2) is 6.17. The van der Waals surface area contributed by atoms with Crippen molar-refractivity contribution in [3.05, 3.63) is 35.4 Å². The van der Waals surface area contributed by atoms with E-state index in [1.165, 1.54) is 11.1 Å². The van der Waals surface area contributed by atoms with Gasteiger partial charge in [0, 0.05) is 5.88 Å². The highest BCUT2D eigenvalue weighted by atomic mass is 35.5. The van der Waals surface area contributed by atoms with Gasteiger partial charge in [0.05, 0.1) is 0 Å². The lowest BCUT2D eigenvalue weighted by Crippen LogP contribution is -2.00. The van der Waals surface area contributed by atoms with Gasteiger partial charge in [-0.15, -0.1) is 11.6 Å². The highest BCUT2D eigenvalue weighted by Gasteiger charge is 2.07. The van der Waals surface area contributed by atoms with Gasteiger partial charge in [-0.2, -0.15) is 0 Å². The zero-order chi connectivity index (χ0) is 11.3. The summed E-state index contributed by atoms with van der Waals surface area (Å²) in [7, 11) is 0. The highest BCUT2D eigenvalue weighted by Crippen LogP contribution is 2.21. The molecule has 0 fully saturated rings. The van der Waals surface area contributed by atoms with Crippen molar-refractivity contribution in [1.29, 1.82) is 0 Å². The Labute approximate surface area is 98.7 Å². The Morgan fingerprint density at radius 1 is 1.13 bits per heavy atom. The minimum Gasteiger partial charge on any atom is -0.126 e. The summed E-state index contributed by atoms with van der Waals surface area (Å²) < 4.78 is 0. The number of hydrogen-bond donors (Lipinski definition) is 0. The summed E-state index contributed by atoms with van der Waals surface area (Å²) >= 11 is 5.93. The van der Waals surface area contributed by atoms with Crippen LogP contribution in [0.15, 0.2) is 24.3 Å². The van der Waals surface area contributed by atoms with Crippen LogP contribution in [0.4, 0.5) is 0 Å². The molecule has 1 heteroatoms. The fraction of sp³-hybridized carbons (Fsp3) is 0.571. The average molecular weight is 225 g/mol. The first-order chi connectivity index (χ1) is 7.17. The molecule has 0 spiro atoms. The topological polar surface area (TPSA) is 0 Å². The third kappa shape index (κ3) is 3.87. The Hall–Kier alpha value is -0.490. The van der Waals surface area contributed by atoms with E-state index in [-0.39, 0.29) is 0 Å². The third-order valence-corrected chi connectivity index (χ3v) is 3.15. The molecule has 0 aliphatic carbocycles. The molecule has 0 N–H and O–H groups in total. The van der Waals surface area contributed by atoms with E-state index in [9.17, 15) is 0 Å². The van der Waals surface area contributed by atoms with E-state index < -0.39 is 0 Å². The number of hydrogen-bond acceptors (Lipinski definition) is 0. The molecule has 0 heterocycles. The maximum Gasteiger partial charge on any atom is 0.0292 e. The van der Waals surface area contributed by atoms with E-state index in [1.54, 1.807) is 0 Å². The van der Waals surface area contributed by atoms with Crippen molar-refractivity contribution in [3.8, 4) is 0 Å².